The fourth-order valence-corrected chi connectivity index (χ4v) is 4.64. The third-order valence-electron chi connectivity index (χ3n) is 5.22. The van der Waals surface area contributed by atoms with Crippen LogP contribution in [0.2, 0.25) is 10.0 Å². The molecular weight excluding hydrogens is 400 g/mol. The summed E-state index contributed by atoms with van der Waals surface area (Å²) in [5.74, 6) is -2.21. The van der Waals surface area contributed by atoms with E-state index in [1.807, 2.05) is 6.07 Å². The predicted molar refractivity (Wildman–Crippen MR) is 111 cm³/mol. The predicted octanol–water partition coefficient (Wildman–Crippen LogP) is 5.86. The third-order valence-corrected chi connectivity index (χ3v) is 5.69. The minimum absolute atomic E-state index is 0.0722. The Morgan fingerprint density at radius 3 is 2.39 bits per heavy atom. The zero-order valence-electron chi connectivity index (χ0n) is 16.0. The van der Waals surface area contributed by atoms with E-state index < -0.39 is 23.8 Å². The van der Waals surface area contributed by atoms with Crippen LogP contribution in [0.4, 0.5) is 4.39 Å². The fourth-order valence-electron chi connectivity index (χ4n) is 4.26. The molecule has 0 spiro atoms. The quantitative estimate of drug-likeness (QED) is 0.646. The van der Waals surface area contributed by atoms with Crippen molar-refractivity contribution < 1.29 is 14.3 Å². The Kier molecular flexibility index (Phi) is 6.04. The van der Waals surface area contributed by atoms with E-state index in [9.17, 15) is 14.3 Å². The van der Waals surface area contributed by atoms with Gasteiger partial charge < -0.3 is 10.4 Å². The summed E-state index contributed by atoms with van der Waals surface area (Å²) in [6.07, 6.45) is 0.685. The molecule has 2 aromatic rings. The fraction of sp³-hybridized carbons (Fsp3) is 0.409. The zero-order chi connectivity index (χ0) is 20.6. The van der Waals surface area contributed by atoms with Crippen LogP contribution in [-0.2, 0) is 4.79 Å². The van der Waals surface area contributed by atoms with Crippen LogP contribution in [0.25, 0.3) is 0 Å². The normalized spacial score (nSPS) is 25.1. The van der Waals surface area contributed by atoms with Gasteiger partial charge in [0.05, 0.1) is 0 Å². The van der Waals surface area contributed by atoms with E-state index in [4.69, 9.17) is 23.2 Å². The molecule has 3 rings (SSSR count). The van der Waals surface area contributed by atoms with Gasteiger partial charge in [0.2, 0.25) is 0 Å². The van der Waals surface area contributed by atoms with Gasteiger partial charge >= 0.3 is 5.97 Å². The standard InChI is InChI=1S/C22H24Cl2FNO2/c1-22(2,3)11-17-19(15-10-14(24)7-8-16(15)25)18(20(26-17)21(27)28)12-5-4-6-13(23)9-12/h4-10,17-20,26H,11H2,1-3H3,(H,27,28). The van der Waals surface area contributed by atoms with Crippen LogP contribution in [0.1, 0.15) is 50.2 Å². The average Bonchev–Trinajstić information content (AvgIpc) is 2.94. The lowest BCUT2D eigenvalue weighted by atomic mass is 9.74. The lowest BCUT2D eigenvalue weighted by Crippen LogP contribution is -2.39. The molecule has 1 aliphatic heterocycles. The van der Waals surface area contributed by atoms with E-state index in [1.54, 1.807) is 24.3 Å². The molecule has 1 heterocycles. The monoisotopic (exact) mass is 423 g/mol. The summed E-state index contributed by atoms with van der Waals surface area (Å²) in [5.41, 5.74) is 1.13. The number of hydrogen-bond acceptors (Lipinski definition) is 2. The highest BCUT2D eigenvalue weighted by Gasteiger charge is 2.49. The summed E-state index contributed by atoms with van der Waals surface area (Å²) >= 11 is 12.4. The molecule has 4 unspecified atom stereocenters. The van der Waals surface area contributed by atoms with E-state index in [0.717, 1.165) is 5.56 Å². The maximum absolute atomic E-state index is 14.9. The summed E-state index contributed by atoms with van der Waals surface area (Å²) < 4.78 is 14.9. The molecule has 0 amide bonds. The van der Waals surface area contributed by atoms with Gasteiger partial charge in [-0.05, 0) is 53.3 Å². The molecule has 0 aromatic heterocycles. The molecule has 150 valence electrons. The number of carboxylic acids is 1. The molecule has 1 aliphatic rings. The molecule has 6 heteroatoms. The number of rotatable bonds is 4. The molecule has 4 atom stereocenters. The van der Waals surface area contributed by atoms with Crippen LogP contribution in [0.5, 0.6) is 0 Å². The lowest BCUT2D eigenvalue weighted by molar-refractivity contribution is -0.139. The van der Waals surface area contributed by atoms with Crippen molar-refractivity contribution in [3.8, 4) is 0 Å². The molecule has 1 fully saturated rings. The second-order valence-electron chi connectivity index (χ2n) is 8.63. The summed E-state index contributed by atoms with van der Waals surface area (Å²) in [5, 5.41) is 14.1. The highest BCUT2D eigenvalue weighted by molar-refractivity contribution is 6.30. The van der Waals surface area contributed by atoms with Gasteiger partial charge in [-0.2, -0.15) is 0 Å². The number of carbonyl (C=O) groups is 1. The molecule has 0 bridgehead atoms. The summed E-state index contributed by atoms with van der Waals surface area (Å²) in [6, 6.07) is 10.5. The van der Waals surface area contributed by atoms with Gasteiger partial charge in [0, 0.05) is 27.9 Å². The van der Waals surface area contributed by atoms with Gasteiger partial charge in [-0.3, -0.25) is 4.79 Å². The van der Waals surface area contributed by atoms with E-state index in [0.29, 0.717) is 22.0 Å². The van der Waals surface area contributed by atoms with E-state index >= 15 is 0 Å². The number of nitrogens with one attached hydrogen (secondary N) is 1. The molecule has 2 aromatic carbocycles. The molecule has 2 N–H and O–H groups in total. The number of hydrogen-bond donors (Lipinski definition) is 2. The summed E-state index contributed by atoms with van der Waals surface area (Å²) in [7, 11) is 0. The lowest BCUT2D eigenvalue weighted by Gasteiger charge is -2.30. The van der Waals surface area contributed by atoms with E-state index in [-0.39, 0.29) is 17.3 Å². The highest BCUT2D eigenvalue weighted by Crippen LogP contribution is 2.47. The maximum Gasteiger partial charge on any atom is 0.321 e. The Balaban J connectivity index is 2.18. The van der Waals surface area contributed by atoms with Crippen molar-refractivity contribution in [3.05, 3.63) is 69.5 Å². The van der Waals surface area contributed by atoms with Gasteiger partial charge in [0.1, 0.15) is 11.9 Å². The number of carboxylic acid groups (broad SMARTS) is 1. The van der Waals surface area contributed by atoms with Gasteiger partial charge in [-0.1, -0.05) is 56.1 Å². The second-order valence-corrected chi connectivity index (χ2v) is 9.50. The first-order valence-electron chi connectivity index (χ1n) is 9.26. The first-order valence-corrected chi connectivity index (χ1v) is 10.0. The first kappa shape index (κ1) is 21.1. The van der Waals surface area contributed by atoms with Crippen molar-refractivity contribution >= 4 is 29.2 Å². The van der Waals surface area contributed by atoms with Crippen molar-refractivity contribution in [2.45, 2.75) is 51.1 Å². The van der Waals surface area contributed by atoms with E-state index in [1.165, 1.54) is 12.1 Å². The molecular formula is C22H24Cl2FNO2. The van der Waals surface area contributed by atoms with Crippen molar-refractivity contribution in [2.75, 3.05) is 0 Å². The minimum atomic E-state index is -0.964. The van der Waals surface area contributed by atoms with Crippen LogP contribution >= 0.6 is 23.2 Å². The smallest absolute Gasteiger partial charge is 0.321 e. The van der Waals surface area contributed by atoms with Gasteiger partial charge in [0.15, 0.2) is 0 Å². The molecule has 28 heavy (non-hydrogen) atoms. The molecule has 0 radical (unpaired) electrons. The Labute approximate surface area is 174 Å². The van der Waals surface area contributed by atoms with Crippen LogP contribution in [-0.4, -0.2) is 23.2 Å². The van der Waals surface area contributed by atoms with Crippen molar-refractivity contribution in [1.29, 1.82) is 0 Å². The molecule has 0 aliphatic carbocycles. The van der Waals surface area contributed by atoms with Crippen LogP contribution in [0, 0.1) is 11.2 Å². The molecule has 3 nitrogen and oxygen atoms in total. The van der Waals surface area contributed by atoms with Gasteiger partial charge in [0.25, 0.3) is 0 Å². The van der Waals surface area contributed by atoms with Crippen molar-refractivity contribution in [3.63, 3.8) is 0 Å². The Bertz CT molecular complexity index is 881. The van der Waals surface area contributed by atoms with Crippen molar-refractivity contribution in [1.82, 2.24) is 5.32 Å². The molecule has 1 saturated heterocycles. The number of aliphatic carboxylic acids is 1. The molecule has 0 saturated carbocycles. The minimum Gasteiger partial charge on any atom is -0.480 e. The maximum atomic E-state index is 14.9. The van der Waals surface area contributed by atoms with Gasteiger partial charge in [-0.25, -0.2) is 4.39 Å². The zero-order valence-corrected chi connectivity index (χ0v) is 17.6. The Morgan fingerprint density at radius 1 is 1.11 bits per heavy atom. The largest absolute Gasteiger partial charge is 0.480 e. The van der Waals surface area contributed by atoms with Crippen LogP contribution in [0.15, 0.2) is 42.5 Å². The summed E-state index contributed by atoms with van der Waals surface area (Å²) in [6.45, 7) is 6.26. The Morgan fingerprint density at radius 2 is 1.79 bits per heavy atom. The van der Waals surface area contributed by atoms with E-state index in [2.05, 4.69) is 26.1 Å². The summed E-state index contributed by atoms with van der Waals surface area (Å²) in [4.78, 5) is 12.1. The van der Waals surface area contributed by atoms with Crippen LogP contribution in [0.3, 0.4) is 0 Å². The second kappa shape index (κ2) is 8.02. The third kappa shape index (κ3) is 4.51. The average molecular weight is 424 g/mol. The number of halogens is 3. The highest BCUT2D eigenvalue weighted by atomic mass is 35.5. The Hall–Kier alpha value is -1.62. The number of benzene rings is 2. The first-order chi connectivity index (χ1) is 13.1. The van der Waals surface area contributed by atoms with Crippen molar-refractivity contribution in [2.24, 2.45) is 5.41 Å². The SMILES string of the molecule is CC(C)(C)CC1NC(C(=O)O)C(c2cccc(Cl)c2)C1c1cc(Cl)ccc1F. The van der Waals surface area contributed by atoms with Gasteiger partial charge in [-0.15, -0.1) is 0 Å². The topological polar surface area (TPSA) is 49.3 Å². The van der Waals surface area contributed by atoms with Crippen LogP contribution < -0.4 is 5.32 Å².